The Bertz CT molecular complexity index is 586. The fourth-order valence-electron chi connectivity index (χ4n) is 3.58. The van der Waals surface area contributed by atoms with E-state index in [1.54, 1.807) is 6.07 Å². The molecule has 6 heteroatoms. The number of halogens is 1. The third-order valence-electron chi connectivity index (χ3n) is 4.88. The van der Waals surface area contributed by atoms with Gasteiger partial charge in [-0.25, -0.2) is 9.38 Å². The lowest BCUT2D eigenvalue weighted by molar-refractivity contribution is 0.249. The maximum Gasteiger partial charge on any atom is 0.194 e. The molecule has 0 radical (unpaired) electrons. The monoisotopic (exact) mass is 334 g/mol. The van der Waals surface area contributed by atoms with Crippen molar-refractivity contribution < 1.29 is 9.50 Å². The molecular weight excluding hydrogens is 307 g/mol. The van der Waals surface area contributed by atoms with E-state index in [4.69, 9.17) is 0 Å². The van der Waals surface area contributed by atoms with Crippen LogP contribution in [0.5, 0.6) is 5.75 Å². The Morgan fingerprint density at radius 2 is 2.12 bits per heavy atom. The van der Waals surface area contributed by atoms with E-state index in [2.05, 4.69) is 27.0 Å². The molecule has 0 aromatic heterocycles. The molecule has 1 aromatic rings. The summed E-state index contributed by atoms with van der Waals surface area (Å²) in [6, 6.07) is 5.07. The lowest BCUT2D eigenvalue weighted by atomic mass is 10.2. The van der Waals surface area contributed by atoms with Crippen LogP contribution in [-0.4, -0.2) is 59.6 Å². The van der Waals surface area contributed by atoms with E-state index in [1.807, 2.05) is 0 Å². The minimum Gasteiger partial charge on any atom is -0.505 e. The van der Waals surface area contributed by atoms with Gasteiger partial charge in [-0.05, 0) is 57.0 Å². The lowest BCUT2D eigenvalue weighted by Crippen LogP contribution is -2.42. The van der Waals surface area contributed by atoms with Gasteiger partial charge in [-0.1, -0.05) is 6.07 Å². The highest BCUT2D eigenvalue weighted by molar-refractivity contribution is 5.80. The number of likely N-dealkylation sites (tertiary alicyclic amines) is 2. The topological polar surface area (TPSA) is 51.1 Å². The van der Waals surface area contributed by atoms with Crippen molar-refractivity contribution in [3.8, 4) is 5.75 Å². The van der Waals surface area contributed by atoms with Gasteiger partial charge in [0.05, 0.1) is 6.54 Å². The number of guanidine groups is 1. The molecule has 2 saturated heterocycles. The SMILES string of the molecule is CCNC(=NCc1ccc(O)c(F)c1)N1CCC(N2CCCC2)C1. The number of rotatable bonds is 4. The molecule has 2 aliphatic heterocycles. The normalized spacial score (nSPS) is 22.3. The Morgan fingerprint density at radius 3 is 2.83 bits per heavy atom. The maximum atomic E-state index is 13.4. The van der Waals surface area contributed by atoms with E-state index in [0.717, 1.165) is 31.2 Å². The molecule has 1 unspecified atom stereocenters. The summed E-state index contributed by atoms with van der Waals surface area (Å²) in [4.78, 5) is 9.57. The van der Waals surface area contributed by atoms with Crippen molar-refractivity contribution in [2.75, 3.05) is 32.7 Å². The highest BCUT2D eigenvalue weighted by Gasteiger charge is 2.30. The molecule has 2 N–H and O–H groups in total. The average molecular weight is 334 g/mol. The Balaban J connectivity index is 1.64. The molecule has 0 saturated carbocycles. The predicted molar refractivity (Wildman–Crippen MR) is 93.7 cm³/mol. The number of phenolic OH excluding ortho intramolecular Hbond substituents is 1. The van der Waals surface area contributed by atoms with E-state index >= 15 is 0 Å². The van der Waals surface area contributed by atoms with Gasteiger partial charge in [0.15, 0.2) is 17.5 Å². The van der Waals surface area contributed by atoms with Gasteiger partial charge in [-0.3, -0.25) is 4.90 Å². The molecule has 5 nitrogen and oxygen atoms in total. The van der Waals surface area contributed by atoms with E-state index in [-0.39, 0.29) is 5.75 Å². The molecule has 1 atom stereocenters. The van der Waals surface area contributed by atoms with Gasteiger partial charge in [-0.15, -0.1) is 0 Å². The fraction of sp³-hybridized carbons (Fsp3) is 0.611. The molecule has 3 rings (SSSR count). The van der Waals surface area contributed by atoms with E-state index in [1.165, 1.54) is 44.5 Å². The second-order valence-corrected chi connectivity index (χ2v) is 6.59. The molecule has 2 fully saturated rings. The van der Waals surface area contributed by atoms with Crippen molar-refractivity contribution in [3.63, 3.8) is 0 Å². The molecule has 0 bridgehead atoms. The zero-order chi connectivity index (χ0) is 16.9. The molecule has 2 heterocycles. The summed E-state index contributed by atoms with van der Waals surface area (Å²) in [6.45, 7) is 7.74. The first kappa shape index (κ1) is 17.0. The van der Waals surface area contributed by atoms with E-state index in [9.17, 15) is 9.50 Å². The summed E-state index contributed by atoms with van der Waals surface area (Å²) < 4.78 is 13.4. The van der Waals surface area contributed by atoms with Crippen LogP contribution in [0, 0.1) is 5.82 Å². The largest absolute Gasteiger partial charge is 0.505 e. The number of nitrogens with one attached hydrogen (secondary N) is 1. The van der Waals surface area contributed by atoms with Gasteiger partial charge in [0, 0.05) is 25.7 Å². The van der Waals surface area contributed by atoms with Gasteiger partial charge in [0.1, 0.15) is 0 Å². The molecule has 24 heavy (non-hydrogen) atoms. The minimum absolute atomic E-state index is 0.317. The average Bonchev–Trinajstić information content (AvgIpc) is 3.25. The van der Waals surface area contributed by atoms with Crippen molar-refractivity contribution in [2.45, 2.75) is 38.8 Å². The zero-order valence-electron chi connectivity index (χ0n) is 14.3. The van der Waals surface area contributed by atoms with E-state index in [0.29, 0.717) is 12.6 Å². The molecule has 1 aromatic carbocycles. The number of aromatic hydroxyl groups is 1. The van der Waals surface area contributed by atoms with Crippen molar-refractivity contribution in [1.29, 1.82) is 0 Å². The standard InChI is InChI=1S/C18H27FN4O/c1-2-20-18(21-12-14-5-6-17(24)16(19)11-14)23-10-7-15(13-23)22-8-3-4-9-22/h5-6,11,15,24H,2-4,7-10,12-13H2,1H3,(H,20,21). The van der Waals surface area contributed by atoms with Gasteiger partial charge in [-0.2, -0.15) is 0 Å². The Kier molecular flexibility index (Phi) is 5.56. The Labute approximate surface area is 143 Å². The number of hydrogen-bond donors (Lipinski definition) is 2. The maximum absolute atomic E-state index is 13.4. The van der Waals surface area contributed by atoms with Crippen LogP contribution in [0.1, 0.15) is 31.7 Å². The summed E-state index contributed by atoms with van der Waals surface area (Å²) in [5.41, 5.74) is 0.760. The Morgan fingerprint density at radius 1 is 1.33 bits per heavy atom. The van der Waals surface area contributed by atoms with Crippen molar-refractivity contribution >= 4 is 5.96 Å². The van der Waals surface area contributed by atoms with Gasteiger partial charge >= 0.3 is 0 Å². The zero-order valence-corrected chi connectivity index (χ0v) is 14.3. The van der Waals surface area contributed by atoms with Crippen LogP contribution in [0.4, 0.5) is 4.39 Å². The Hall–Kier alpha value is -1.82. The smallest absolute Gasteiger partial charge is 0.194 e. The lowest BCUT2D eigenvalue weighted by Gasteiger charge is -2.25. The number of phenols is 1. The first-order chi connectivity index (χ1) is 11.7. The second kappa shape index (κ2) is 7.83. The first-order valence-electron chi connectivity index (χ1n) is 8.92. The summed E-state index contributed by atoms with van der Waals surface area (Å²) >= 11 is 0. The number of nitrogens with zero attached hydrogens (tertiary/aromatic N) is 3. The number of benzene rings is 1. The molecule has 2 aliphatic rings. The van der Waals surface area contributed by atoms with Crippen molar-refractivity contribution in [1.82, 2.24) is 15.1 Å². The van der Waals surface area contributed by atoms with Crippen molar-refractivity contribution in [3.05, 3.63) is 29.6 Å². The molecular formula is C18H27FN4O. The number of aliphatic imine (C=N–C) groups is 1. The third-order valence-corrected chi connectivity index (χ3v) is 4.88. The van der Waals surface area contributed by atoms with E-state index < -0.39 is 5.82 Å². The quantitative estimate of drug-likeness (QED) is 0.654. The summed E-state index contributed by atoms with van der Waals surface area (Å²) in [6.07, 6.45) is 3.81. The summed E-state index contributed by atoms with van der Waals surface area (Å²) in [5.74, 6) is -0.0155. The highest BCUT2D eigenvalue weighted by atomic mass is 19.1. The first-order valence-corrected chi connectivity index (χ1v) is 8.92. The van der Waals surface area contributed by atoms with Gasteiger partial charge in [0.25, 0.3) is 0 Å². The van der Waals surface area contributed by atoms with Crippen LogP contribution in [0.25, 0.3) is 0 Å². The predicted octanol–water partition coefficient (Wildman–Crippen LogP) is 2.17. The molecule has 0 spiro atoms. The van der Waals surface area contributed by atoms with Crippen LogP contribution in [0.15, 0.2) is 23.2 Å². The molecule has 0 amide bonds. The third kappa shape index (κ3) is 3.98. The number of hydrogen-bond acceptors (Lipinski definition) is 3. The fourth-order valence-corrected chi connectivity index (χ4v) is 3.58. The summed E-state index contributed by atoms with van der Waals surface area (Å²) in [7, 11) is 0. The van der Waals surface area contributed by atoms with Crippen LogP contribution in [0.2, 0.25) is 0 Å². The molecule has 132 valence electrons. The second-order valence-electron chi connectivity index (χ2n) is 6.59. The van der Waals surface area contributed by atoms with Gasteiger partial charge < -0.3 is 15.3 Å². The van der Waals surface area contributed by atoms with Crippen LogP contribution in [-0.2, 0) is 6.54 Å². The van der Waals surface area contributed by atoms with Crippen LogP contribution in [0.3, 0.4) is 0 Å². The molecule has 0 aliphatic carbocycles. The van der Waals surface area contributed by atoms with Crippen LogP contribution < -0.4 is 5.32 Å². The van der Waals surface area contributed by atoms with Gasteiger partial charge in [0.2, 0.25) is 0 Å². The minimum atomic E-state index is -0.594. The van der Waals surface area contributed by atoms with Crippen molar-refractivity contribution in [2.24, 2.45) is 4.99 Å². The van der Waals surface area contributed by atoms with Crippen LogP contribution >= 0.6 is 0 Å². The highest BCUT2D eigenvalue weighted by Crippen LogP contribution is 2.21. The summed E-state index contributed by atoms with van der Waals surface area (Å²) in [5, 5.41) is 12.6.